The molecule has 1 aliphatic heterocycles. The molecular formula is C29H25N3O4S. The molecule has 5 rings (SSSR count). The number of carbonyl (C=O) groups excluding carboxylic acids is 1. The first kappa shape index (κ1) is 24.4. The minimum absolute atomic E-state index is 0.201. The Kier molecular flexibility index (Phi) is 7.09. The van der Waals surface area contributed by atoms with Gasteiger partial charge in [-0.2, -0.15) is 0 Å². The van der Waals surface area contributed by atoms with Crippen LogP contribution in [0.5, 0.6) is 5.75 Å². The molecule has 0 amide bonds. The number of hydrogen-bond acceptors (Lipinski definition) is 7. The highest BCUT2D eigenvalue weighted by Gasteiger charge is 2.35. The lowest BCUT2D eigenvalue weighted by molar-refractivity contribution is -0.138. The summed E-state index contributed by atoms with van der Waals surface area (Å²) in [4.78, 5) is 36.7. The fraction of sp³-hybridized carbons (Fsp3) is 0.172. The van der Waals surface area contributed by atoms with Crippen molar-refractivity contribution in [1.82, 2.24) is 9.55 Å². The van der Waals surface area contributed by atoms with Gasteiger partial charge in [-0.3, -0.25) is 14.3 Å². The number of esters is 1. The average molecular weight is 512 g/mol. The van der Waals surface area contributed by atoms with Crippen molar-refractivity contribution >= 4 is 29.1 Å². The molecule has 3 heterocycles. The van der Waals surface area contributed by atoms with Gasteiger partial charge in [0, 0.05) is 18.0 Å². The quantitative estimate of drug-likeness (QED) is 0.353. The van der Waals surface area contributed by atoms with Crippen LogP contribution in [0.3, 0.4) is 0 Å². The van der Waals surface area contributed by atoms with Crippen LogP contribution in [0.4, 0.5) is 0 Å². The third kappa shape index (κ3) is 4.88. The Morgan fingerprint density at radius 2 is 1.73 bits per heavy atom. The Morgan fingerprint density at radius 1 is 1.00 bits per heavy atom. The fourth-order valence-corrected chi connectivity index (χ4v) is 5.28. The van der Waals surface area contributed by atoms with Crippen molar-refractivity contribution in [2.45, 2.75) is 19.9 Å². The maximum Gasteiger partial charge on any atom is 0.338 e. The molecule has 2 aromatic heterocycles. The maximum atomic E-state index is 13.8. The summed E-state index contributed by atoms with van der Waals surface area (Å²) in [6.07, 6.45) is 5.17. The molecule has 4 aromatic rings. The van der Waals surface area contributed by atoms with E-state index in [0.29, 0.717) is 33.0 Å². The lowest BCUT2D eigenvalue weighted by Crippen LogP contribution is -2.40. The number of nitrogens with zero attached hydrogens (tertiary/aromatic N) is 3. The van der Waals surface area contributed by atoms with E-state index < -0.39 is 12.0 Å². The van der Waals surface area contributed by atoms with E-state index in [2.05, 4.69) is 4.98 Å². The van der Waals surface area contributed by atoms with E-state index in [4.69, 9.17) is 14.5 Å². The molecule has 0 unspecified atom stereocenters. The van der Waals surface area contributed by atoms with Gasteiger partial charge in [0.05, 0.1) is 35.1 Å². The van der Waals surface area contributed by atoms with Gasteiger partial charge < -0.3 is 9.47 Å². The molecule has 0 N–H and O–H groups in total. The molecule has 37 heavy (non-hydrogen) atoms. The molecule has 0 aliphatic carbocycles. The Bertz CT molecular complexity index is 1620. The first-order chi connectivity index (χ1) is 18.1. The van der Waals surface area contributed by atoms with Gasteiger partial charge in [-0.05, 0) is 55.3 Å². The van der Waals surface area contributed by atoms with Crippen LogP contribution in [-0.2, 0) is 9.53 Å². The van der Waals surface area contributed by atoms with Crippen molar-refractivity contribution in [2.75, 3.05) is 13.2 Å². The number of ether oxygens (including phenoxy) is 2. The topological polar surface area (TPSA) is 82.8 Å². The predicted molar refractivity (Wildman–Crippen MR) is 143 cm³/mol. The van der Waals surface area contributed by atoms with Crippen LogP contribution >= 0.6 is 11.3 Å². The molecular weight excluding hydrogens is 486 g/mol. The van der Waals surface area contributed by atoms with Gasteiger partial charge in [0.2, 0.25) is 0 Å². The molecule has 7 nitrogen and oxygen atoms in total. The van der Waals surface area contributed by atoms with Crippen molar-refractivity contribution in [3.05, 3.63) is 121 Å². The zero-order valence-corrected chi connectivity index (χ0v) is 21.3. The monoisotopic (exact) mass is 511 g/mol. The number of carbonyl (C=O) groups is 1. The van der Waals surface area contributed by atoms with Crippen LogP contribution in [0.2, 0.25) is 0 Å². The lowest BCUT2D eigenvalue weighted by atomic mass is 9.93. The molecule has 8 heteroatoms. The first-order valence-corrected chi connectivity index (χ1v) is 12.8. The highest BCUT2D eigenvalue weighted by atomic mass is 32.1. The molecule has 186 valence electrons. The number of hydrogen-bond donors (Lipinski definition) is 0. The SMILES string of the molecule is CCOC(=O)C1=C(c2ccccc2)N=c2s/c(=C\c3ccncc3)c(=O)n2[C@H]1c1ccc(OCC)cc1. The summed E-state index contributed by atoms with van der Waals surface area (Å²) in [7, 11) is 0. The molecule has 0 spiro atoms. The van der Waals surface area contributed by atoms with Crippen molar-refractivity contribution in [3.8, 4) is 5.75 Å². The number of thiazole rings is 1. The van der Waals surface area contributed by atoms with Gasteiger partial charge >= 0.3 is 5.97 Å². The van der Waals surface area contributed by atoms with E-state index >= 15 is 0 Å². The summed E-state index contributed by atoms with van der Waals surface area (Å²) in [6, 6.07) is 19.9. The molecule has 0 saturated carbocycles. The number of rotatable bonds is 7. The highest BCUT2D eigenvalue weighted by Crippen LogP contribution is 2.35. The van der Waals surface area contributed by atoms with Crippen LogP contribution in [0.25, 0.3) is 11.8 Å². The second-order valence-electron chi connectivity index (χ2n) is 8.21. The molecule has 0 saturated heterocycles. The molecule has 0 bridgehead atoms. The summed E-state index contributed by atoms with van der Waals surface area (Å²) in [5.41, 5.74) is 2.97. The summed E-state index contributed by atoms with van der Waals surface area (Å²) in [6.45, 7) is 4.42. The van der Waals surface area contributed by atoms with Gasteiger partial charge in [0.15, 0.2) is 4.80 Å². The summed E-state index contributed by atoms with van der Waals surface area (Å²) in [5, 5.41) is 0. The smallest absolute Gasteiger partial charge is 0.338 e. The molecule has 0 fully saturated rings. The Hall–Kier alpha value is -4.30. The normalized spacial score (nSPS) is 15.2. The second kappa shape index (κ2) is 10.8. The van der Waals surface area contributed by atoms with Crippen molar-refractivity contribution in [1.29, 1.82) is 0 Å². The van der Waals surface area contributed by atoms with Gasteiger partial charge in [-0.25, -0.2) is 9.79 Å². The standard InChI is InChI=1S/C29H25N3O4S/c1-3-35-22-12-10-21(11-13-22)26-24(28(34)36-4-2)25(20-8-6-5-7-9-20)31-29-32(26)27(33)23(37-29)18-19-14-16-30-17-15-19/h5-18,26H,3-4H2,1-2H3/b23-18-/t26-/m0/s1. The maximum absolute atomic E-state index is 13.8. The van der Waals surface area contributed by atoms with E-state index in [0.717, 1.165) is 16.7 Å². The zero-order valence-electron chi connectivity index (χ0n) is 20.5. The number of aromatic nitrogens is 2. The van der Waals surface area contributed by atoms with E-state index in [1.165, 1.54) is 11.3 Å². The Labute approximate surface area is 217 Å². The van der Waals surface area contributed by atoms with Crippen LogP contribution < -0.4 is 19.6 Å². The summed E-state index contributed by atoms with van der Waals surface area (Å²) >= 11 is 1.29. The number of fused-ring (bicyclic) bond motifs is 1. The van der Waals surface area contributed by atoms with Crippen LogP contribution in [0.15, 0.2) is 94.5 Å². The summed E-state index contributed by atoms with van der Waals surface area (Å²) in [5.74, 6) is 0.202. The van der Waals surface area contributed by atoms with Gasteiger partial charge in [0.25, 0.3) is 5.56 Å². The van der Waals surface area contributed by atoms with Gasteiger partial charge in [-0.15, -0.1) is 0 Å². The summed E-state index contributed by atoms with van der Waals surface area (Å²) < 4.78 is 13.2. The number of benzene rings is 2. The second-order valence-corrected chi connectivity index (χ2v) is 9.22. The van der Waals surface area contributed by atoms with Crippen LogP contribution in [0, 0.1) is 0 Å². The molecule has 1 atom stereocenters. The predicted octanol–water partition coefficient (Wildman–Crippen LogP) is 3.73. The van der Waals surface area contributed by atoms with Gasteiger partial charge in [-0.1, -0.05) is 53.8 Å². The first-order valence-electron chi connectivity index (χ1n) is 12.0. The zero-order chi connectivity index (χ0) is 25.8. The van der Waals surface area contributed by atoms with Crippen molar-refractivity contribution < 1.29 is 14.3 Å². The minimum Gasteiger partial charge on any atom is -0.494 e. The van der Waals surface area contributed by atoms with E-state index in [1.807, 2.05) is 79.7 Å². The van der Waals surface area contributed by atoms with Gasteiger partial charge in [0.1, 0.15) is 5.75 Å². The van der Waals surface area contributed by atoms with Crippen molar-refractivity contribution in [2.24, 2.45) is 4.99 Å². The Balaban J connectivity index is 1.80. The van der Waals surface area contributed by atoms with Crippen molar-refractivity contribution in [3.63, 3.8) is 0 Å². The van der Waals surface area contributed by atoms with E-state index in [1.54, 1.807) is 23.9 Å². The lowest BCUT2D eigenvalue weighted by Gasteiger charge is -2.26. The number of pyridine rings is 1. The average Bonchev–Trinajstić information content (AvgIpc) is 3.24. The Morgan fingerprint density at radius 3 is 2.41 bits per heavy atom. The highest BCUT2D eigenvalue weighted by molar-refractivity contribution is 7.07. The van der Waals surface area contributed by atoms with Crippen LogP contribution in [-0.4, -0.2) is 28.7 Å². The molecule has 1 aliphatic rings. The largest absolute Gasteiger partial charge is 0.494 e. The fourth-order valence-electron chi connectivity index (χ4n) is 4.28. The van der Waals surface area contributed by atoms with Crippen LogP contribution in [0.1, 0.15) is 36.6 Å². The molecule has 2 aromatic carbocycles. The van der Waals surface area contributed by atoms with E-state index in [9.17, 15) is 9.59 Å². The third-order valence-corrected chi connectivity index (χ3v) is 6.87. The molecule has 0 radical (unpaired) electrons. The third-order valence-electron chi connectivity index (χ3n) is 5.88. The minimum atomic E-state index is -0.722. The van der Waals surface area contributed by atoms with E-state index in [-0.39, 0.29) is 12.2 Å².